The monoisotopic (exact) mass is 329 g/mol. The second-order valence-corrected chi connectivity index (χ2v) is 5.23. The van der Waals surface area contributed by atoms with Gasteiger partial charge in [0.15, 0.2) is 11.5 Å². The van der Waals surface area contributed by atoms with Gasteiger partial charge >= 0.3 is 0 Å². The van der Waals surface area contributed by atoms with Gasteiger partial charge < -0.3 is 25.8 Å². The minimum Gasteiger partial charge on any atom is -0.493 e. The highest BCUT2D eigenvalue weighted by molar-refractivity contribution is 5.82. The molecule has 0 aliphatic heterocycles. The van der Waals surface area contributed by atoms with Gasteiger partial charge in [0.25, 0.3) is 0 Å². The van der Waals surface area contributed by atoms with Gasteiger partial charge in [-0.05, 0) is 36.2 Å². The normalized spacial score (nSPS) is 10.1. The van der Waals surface area contributed by atoms with E-state index < -0.39 is 0 Å². The molecular formula is C18H23N3O3. The van der Waals surface area contributed by atoms with E-state index in [9.17, 15) is 4.79 Å². The zero-order valence-corrected chi connectivity index (χ0v) is 14.0. The van der Waals surface area contributed by atoms with Gasteiger partial charge in [0.05, 0.1) is 32.1 Å². The van der Waals surface area contributed by atoms with E-state index in [-0.39, 0.29) is 12.5 Å². The van der Waals surface area contributed by atoms with Crippen LogP contribution in [0, 0.1) is 0 Å². The predicted molar refractivity (Wildman–Crippen MR) is 95.6 cm³/mol. The van der Waals surface area contributed by atoms with E-state index in [0.29, 0.717) is 30.2 Å². The van der Waals surface area contributed by atoms with Crippen LogP contribution in [0.25, 0.3) is 0 Å². The summed E-state index contributed by atoms with van der Waals surface area (Å²) in [4.78, 5) is 11.9. The fourth-order valence-corrected chi connectivity index (χ4v) is 2.28. The van der Waals surface area contributed by atoms with E-state index >= 15 is 0 Å². The quantitative estimate of drug-likeness (QED) is 0.646. The first-order valence-corrected chi connectivity index (χ1v) is 7.70. The lowest BCUT2D eigenvalue weighted by atomic mass is 10.1. The van der Waals surface area contributed by atoms with Gasteiger partial charge in [-0.1, -0.05) is 18.2 Å². The number of methoxy groups -OCH3 is 2. The maximum atomic E-state index is 11.9. The minimum absolute atomic E-state index is 0.0845. The van der Waals surface area contributed by atoms with Crippen LogP contribution >= 0.6 is 0 Å². The molecule has 0 spiro atoms. The molecule has 0 atom stereocenters. The summed E-state index contributed by atoms with van der Waals surface area (Å²) in [6.45, 7) is 0.723. The summed E-state index contributed by atoms with van der Waals surface area (Å²) in [6, 6.07) is 13.1. The third-order valence-electron chi connectivity index (χ3n) is 3.58. The van der Waals surface area contributed by atoms with Crippen molar-refractivity contribution in [2.75, 3.05) is 38.4 Å². The Balaban J connectivity index is 1.77. The van der Waals surface area contributed by atoms with E-state index in [0.717, 1.165) is 11.3 Å². The molecule has 4 N–H and O–H groups in total. The highest BCUT2D eigenvalue weighted by Crippen LogP contribution is 2.27. The zero-order valence-electron chi connectivity index (χ0n) is 14.0. The number of carbonyl (C=O) groups excluding carboxylic acids is 1. The van der Waals surface area contributed by atoms with E-state index in [4.69, 9.17) is 15.2 Å². The standard InChI is InChI=1S/C18H23N3O3/c1-23-16-8-7-13(11-17(16)24-2)9-10-20-18(22)12-21-15-6-4-3-5-14(15)19/h3-8,11,21H,9-10,12,19H2,1-2H3,(H,20,22). The van der Waals surface area contributed by atoms with Gasteiger partial charge in [0, 0.05) is 6.54 Å². The van der Waals surface area contributed by atoms with Crippen molar-refractivity contribution >= 4 is 17.3 Å². The number of hydrogen-bond acceptors (Lipinski definition) is 5. The minimum atomic E-state index is -0.0845. The van der Waals surface area contributed by atoms with Crippen LogP contribution in [0.15, 0.2) is 42.5 Å². The molecule has 128 valence electrons. The number of ether oxygens (including phenoxy) is 2. The molecule has 6 heteroatoms. The van der Waals surface area contributed by atoms with Crippen molar-refractivity contribution in [2.45, 2.75) is 6.42 Å². The van der Waals surface area contributed by atoms with Gasteiger partial charge in [-0.25, -0.2) is 0 Å². The average Bonchev–Trinajstić information content (AvgIpc) is 2.61. The number of carbonyl (C=O) groups is 1. The van der Waals surface area contributed by atoms with Crippen LogP contribution in [0.2, 0.25) is 0 Å². The first-order valence-electron chi connectivity index (χ1n) is 7.70. The molecule has 0 saturated carbocycles. The molecular weight excluding hydrogens is 306 g/mol. The van der Waals surface area contributed by atoms with Gasteiger partial charge in [0.1, 0.15) is 0 Å². The number of benzene rings is 2. The third-order valence-corrected chi connectivity index (χ3v) is 3.58. The second-order valence-electron chi connectivity index (χ2n) is 5.23. The Morgan fingerprint density at radius 3 is 2.54 bits per heavy atom. The molecule has 1 amide bonds. The molecule has 2 rings (SSSR count). The van der Waals surface area contributed by atoms with Crippen LogP contribution in [0.3, 0.4) is 0 Å². The van der Waals surface area contributed by atoms with E-state index in [1.54, 1.807) is 20.3 Å². The highest BCUT2D eigenvalue weighted by Gasteiger charge is 2.06. The predicted octanol–water partition coefficient (Wildman–Crippen LogP) is 2.06. The van der Waals surface area contributed by atoms with Crippen molar-refractivity contribution in [2.24, 2.45) is 0 Å². The second kappa shape index (κ2) is 8.67. The number of nitrogens with one attached hydrogen (secondary N) is 2. The lowest BCUT2D eigenvalue weighted by molar-refractivity contribution is -0.119. The summed E-state index contributed by atoms with van der Waals surface area (Å²) in [5.74, 6) is 1.29. The van der Waals surface area contributed by atoms with Crippen molar-refractivity contribution < 1.29 is 14.3 Å². The number of para-hydroxylation sites is 2. The van der Waals surface area contributed by atoms with Gasteiger partial charge in [-0.15, -0.1) is 0 Å². The van der Waals surface area contributed by atoms with Crippen LogP contribution in [0.5, 0.6) is 11.5 Å². The van der Waals surface area contributed by atoms with Crippen LogP contribution in [0.1, 0.15) is 5.56 Å². The molecule has 0 saturated heterocycles. The number of hydrogen-bond donors (Lipinski definition) is 3. The Hall–Kier alpha value is -2.89. The van der Waals surface area contributed by atoms with E-state index in [1.807, 2.05) is 36.4 Å². The maximum Gasteiger partial charge on any atom is 0.239 e. The van der Waals surface area contributed by atoms with Crippen molar-refractivity contribution in [3.63, 3.8) is 0 Å². The topological polar surface area (TPSA) is 85.6 Å². The van der Waals surface area contributed by atoms with Crippen molar-refractivity contribution in [3.05, 3.63) is 48.0 Å². The van der Waals surface area contributed by atoms with Crippen LogP contribution in [0.4, 0.5) is 11.4 Å². The first-order chi connectivity index (χ1) is 11.6. The summed E-state index contributed by atoms with van der Waals surface area (Å²) < 4.78 is 10.5. The average molecular weight is 329 g/mol. The molecule has 0 aliphatic rings. The fourth-order valence-electron chi connectivity index (χ4n) is 2.28. The largest absolute Gasteiger partial charge is 0.493 e. The van der Waals surface area contributed by atoms with Crippen molar-refractivity contribution in [3.8, 4) is 11.5 Å². The summed E-state index contributed by atoms with van der Waals surface area (Å²) in [7, 11) is 3.20. The lowest BCUT2D eigenvalue weighted by Crippen LogP contribution is -2.31. The Kier molecular flexibility index (Phi) is 6.31. The summed E-state index contributed by atoms with van der Waals surface area (Å²) in [5, 5.41) is 5.89. The first kappa shape index (κ1) is 17.5. The van der Waals surface area contributed by atoms with Gasteiger partial charge in [0.2, 0.25) is 5.91 Å². The van der Waals surface area contributed by atoms with Crippen molar-refractivity contribution in [1.82, 2.24) is 5.32 Å². The van der Waals surface area contributed by atoms with E-state index in [1.165, 1.54) is 0 Å². The van der Waals surface area contributed by atoms with Crippen molar-refractivity contribution in [1.29, 1.82) is 0 Å². The molecule has 0 aliphatic carbocycles. The van der Waals surface area contributed by atoms with Gasteiger partial charge in [-0.3, -0.25) is 4.79 Å². The molecule has 0 aromatic heterocycles. The summed E-state index contributed by atoms with van der Waals surface area (Å²) >= 11 is 0. The molecule has 2 aromatic carbocycles. The Bertz CT molecular complexity index is 689. The number of anilines is 2. The number of rotatable bonds is 8. The summed E-state index contributed by atoms with van der Waals surface area (Å²) in [5.41, 5.74) is 8.26. The zero-order chi connectivity index (χ0) is 17.4. The van der Waals surface area contributed by atoms with Crippen LogP contribution in [-0.4, -0.2) is 33.2 Å². The highest BCUT2D eigenvalue weighted by atomic mass is 16.5. The van der Waals surface area contributed by atoms with Crippen LogP contribution < -0.4 is 25.8 Å². The molecule has 24 heavy (non-hydrogen) atoms. The number of amides is 1. The molecule has 0 heterocycles. The molecule has 2 aromatic rings. The smallest absolute Gasteiger partial charge is 0.239 e. The van der Waals surface area contributed by atoms with Gasteiger partial charge in [-0.2, -0.15) is 0 Å². The molecule has 0 fully saturated rings. The Labute approximate surface area is 142 Å². The Morgan fingerprint density at radius 2 is 1.83 bits per heavy atom. The summed E-state index contributed by atoms with van der Waals surface area (Å²) in [6.07, 6.45) is 0.708. The maximum absolute atomic E-state index is 11.9. The fraction of sp³-hybridized carbons (Fsp3) is 0.278. The molecule has 0 unspecified atom stereocenters. The molecule has 0 bridgehead atoms. The Morgan fingerprint density at radius 1 is 1.08 bits per heavy atom. The lowest BCUT2D eigenvalue weighted by Gasteiger charge is -2.11. The SMILES string of the molecule is COc1ccc(CCNC(=O)CNc2ccccc2N)cc1OC. The molecule has 6 nitrogen and oxygen atoms in total. The van der Waals surface area contributed by atoms with Crippen LogP contribution in [-0.2, 0) is 11.2 Å². The number of nitrogens with two attached hydrogens (primary N) is 1. The number of nitrogen functional groups attached to an aromatic ring is 1. The van der Waals surface area contributed by atoms with E-state index in [2.05, 4.69) is 10.6 Å². The third kappa shape index (κ3) is 4.81. The molecule has 0 radical (unpaired) electrons.